The largest absolute Gasteiger partial charge is 0.460 e. The van der Waals surface area contributed by atoms with Crippen LogP contribution >= 0.6 is 11.6 Å². The van der Waals surface area contributed by atoms with Crippen molar-refractivity contribution >= 4 is 23.5 Å². The van der Waals surface area contributed by atoms with E-state index in [9.17, 15) is 49.1 Å². The quantitative estimate of drug-likeness (QED) is 0.133. The first kappa shape index (κ1) is 71.8. The van der Waals surface area contributed by atoms with Crippen molar-refractivity contribution in [1.82, 2.24) is 29.9 Å². The molecule has 0 unspecified atom stereocenters. The minimum absolute atomic E-state index is 0. The van der Waals surface area contributed by atoms with Gasteiger partial charge in [-0.1, -0.05) is 26.0 Å². The Kier molecular flexibility index (Phi) is 32.6. The number of aryl methyl sites for hydroxylation is 1. The van der Waals surface area contributed by atoms with E-state index in [1.807, 2.05) is 41.5 Å². The maximum atomic E-state index is 12.5. The Bertz CT molecular complexity index is 1920. The first-order chi connectivity index (χ1) is 33.4. The van der Waals surface area contributed by atoms with Crippen LogP contribution in [-0.2, 0) is 44.0 Å². The Balaban J connectivity index is 0. The monoisotopic (exact) mass is 1090 g/mol. The van der Waals surface area contributed by atoms with Gasteiger partial charge >= 0.3 is 30.5 Å². The molecule has 3 aliphatic carbocycles. The van der Waals surface area contributed by atoms with Crippen molar-refractivity contribution < 1.29 is 68.8 Å². The van der Waals surface area contributed by atoms with Gasteiger partial charge in [0.1, 0.15) is 16.4 Å². The molecule has 3 aromatic heterocycles. The second kappa shape index (κ2) is 33.7. The molecule has 3 heterocycles. The number of carbonyl (C=O) groups excluding carboxylic acids is 2. The summed E-state index contributed by atoms with van der Waals surface area (Å²) in [5.74, 6) is 1.66. The third kappa shape index (κ3) is 35.0. The van der Waals surface area contributed by atoms with Gasteiger partial charge in [0, 0.05) is 50.5 Å². The average Bonchev–Trinajstić information content (AvgIpc) is 3.97. The van der Waals surface area contributed by atoms with E-state index >= 15 is 0 Å². The molecule has 3 aliphatic rings. The van der Waals surface area contributed by atoms with E-state index in [0.717, 1.165) is 76.3 Å². The summed E-state index contributed by atoms with van der Waals surface area (Å²) in [6, 6.07) is 0.817. The molecule has 6 atom stereocenters. The van der Waals surface area contributed by atoms with Crippen LogP contribution in [0.3, 0.4) is 0 Å². The van der Waals surface area contributed by atoms with Crippen molar-refractivity contribution in [3.05, 3.63) is 70.8 Å². The summed E-state index contributed by atoms with van der Waals surface area (Å²) in [5.41, 5.74) is 8.62. The van der Waals surface area contributed by atoms with E-state index in [0.29, 0.717) is 60.8 Å². The fourth-order valence-electron chi connectivity index (χ4n) is 7.24. The molecule has 3 saturated carbocycles. The van der Waals surface area contributed by atoms with Gasteiger partial charge in [-0.3, -0.25) is 19.6 Å². The van der Waals surface area contributed by atoms with Crippen molar-refractivity contribution in [2.75, 3.05) is 7.11 Å². The highest BCUT2D eigenvalue weighted by Gasteiger charge is 2.35. The number of rotatable bonds is 6. The number of nitrogens with zero attached hydrogens (tertiary/aromatic N) is 6. The maximum Gasteiger partial charge on any atom is 0.434 e. The van der Waals surface area contributed by atoms with E-state index in [2.05, 4.69) is 36.8 Å². The van der Waals surface area contributed by atoms with Crippen LogP contribution in [0.2, 0.25) is 5.15 Å². The zero-order valence-corrected chi connectivity index (χ0v) is 44.4. The molecule has 426 valence electrons. The van der Waals surface area contributed by atoms with E-state index in [1.54, 1.807) is 20.8 Å². The summed E-state index contributed by atoms with van der Waals surface area (Å²) in [4.78, 5) is 43.5. The molecule has 0 saturated heterocycles. The van der Waals surface area contributed by atoms with Gasteiger partial charge in [0.25, 0.3) is 0 Å². The molecule has 3 fully saturated rings. The Morgan fingerprint density at radius 1 is 0.608 bits per heavy atom. The summed E-state index contributed by atoms with van der Waals surface area (Å²) in [6.45, 7) is 18.5. The number of aromatic nitrogens is 6. The molecular formula is C50H80ClF9N8O6. The van der Waals surface area contributed by atoms with Crippen molar-refractivity contribution in [3.63, 3.8) is 0 Å². The number of hydrogen-bond donors (Lipinski definition) is 4. The highest BCUT2D eigenvalue weighted by atomic mass is 35.5. The van der Waals surface area contributed by atoms with Gasteiger partial charge in [-0.25, -0.2) is 19.9 Å². The molecule has 0 radical (unpaired) electrons. The van der Waals surface area contributed by atoms with Crippen LogP contribution in [0.25, 0.3) is 0 Å². The Hall–Kier alpha value is -4.32. The van der Waals surface area contributed by atoms with Crippen LogP contribution in [0.5, 0.6) is 0 Å². The molecule has 6 rings (SSSR count). The lowest BCUT2D eigenvalue weighted by Gasteiger charge is -2.20. The van der Waals surface area contributed by atoms with Crippen LogP contribution < -0.4 is 11.5 Å². The van der Waals surface area contributed by atoms with Crippen LogP contribution in [0.15, 0.2) is 37.2 Å². The second-order valence-corrected chi connectivity index (χ2v) is 20.6. The number of aliphatic hydroxyl groups excluding tert-OH is 2. The standard InChI is InChI=1S/C17H23F3N2O2.C11H21NO2.C6H5F3N2.C6H13N.C5H2ClF3N2.C3H8O.CH4O.CH4/c1-16(2,3)24-15(23)8-12-5-4-11(6-12)7-13-9-22-14(10-21-13)17(18,19)20;1-11(2,3)14-10(13)7-8-4-5-9(12)6-8;1-4-2-11-5(3-10-4)6(7,8)9;1-5-2-3-6(7)4-5;6-4-2-10-3(1-11-4)5(7,8)9;1-3(2)4;1-2;/h9-12H,4-8H2,1-3H3;8-9H,4-7,12H2,1-3H3;2-3H,1H3;5-6H,2-4,7H2,1H3;1-2H;3-4H,1-2H3;2H,1H3;1H4/t11-,12+;8-,9+;;5-,6+;;;;/m01.0..../s1. The van der Waals surface area contributed by atoms with Crippen LogP contribution in [-0.4, -0.2) is 88.6 Å². The molecule has 3 aromatic rings. The minimum Gasteiger partial charge on any atom is -0.460 e. The third-order valence-electron chi connectivity index (χ3n) is 10.2. The molecule has 0 bridgehead atoms. The zero-order chi connectivity index (χ0) is 56.5. The smallest absolute Gasteiger partial charge is 0.434 e. The molecular weight excluding hydrogens is 1020 g/mol. The zero-order valence-electron chi connectivity index (χ0n) is 43.6. The number of carbonyl (C=O) groups is 2. The number of aliphatic hydroxyl groups is 2. The number of esters is 2. The number of halogens is 10. The second-order valence-electron chi connectivity index (χ2n) is 20.2. The molecule has 0 amide bonds. The van der Waals surface area contributed by atoms with Crippen LogP contribution in [0.1, 0.15) is 169 Å². The topological polar surface area (TPSA) is 222 Å². The van der Waals surface area contributed by atoms with Gasteiger partial charge in [0.15, 0.2) is 17.1 Å². The lowest BCUT2D eigenvalue weighted by molar-refractivity contribution is -0.157. The van der Waals surface area contributed by atoms with Gasteiger partial charge in [-0.2, -0.15) is 39.5 Å². The molecule has 14 nitrogen and oxygen atoms in total. The summed E-state index contributed by atoms with van der Waals surface area (Å²) < 4.78 is 119. The third-order valence-corrected chi connectivity index (χ3v) is 10.4. The predicted molar refractivity (Wildman–Crippen MR) is 265 cm³/mol. The predicted octanol–water partition coefficient (Wildman–Crippen LogP) is 11.7. The lowest BCUT2D eigenvalue weighted by atomic mass is 9.98. The highest BCUT2D eigenvalue weighted by Crippen LogP contribution is 2.36. The minimum atomic E-state index is -4.46. The van der Waals surface area contributed by atoms with Crippen LogP contribution in [0.4, 0.5) is 39.5 Å². The fourth-order valence-corrected chi connectivity index (χ4v) is 7.33. The van der Waals surface area contributed by atoms with Gasteiger partial charge in [-0.15, -0.1) is 0 Å². The number of hydrogen-bond acceptors (Lipinski definition) is 14. The van der Waals surface area contributed by atoms with Crippen molar-refractivity contribution in [1.29, 1.82) is 0 Å². The van der Waals surface area contributed by atoms with Gasteiger partial charge in [0.05, 0.1) is 36.2 Å². The highest BCUT2D eigenvalue weighted by molar-refractivity contribution is 6.29. The molecule has 0 aromatic carbocycles. The van der Waals surface area contributed by atoms with E-state index in [4.69, 9.17) is 42.8 Å². The van der Waals surface area contributed by atoms with Gasteiger partial charge < -0.3 is 31.2 Å². The average molecular weight is 1100 g/mol. The summed E-state index contributed by atoms with van der Waals surface area (Å²) in [7, 11) is 1.00. The molecule has 0 spiro atoms. The summed E-state index contributed by atoms with van der Waals surface area (Å²) in [6.07, 6.45) is 2.95. The number of nitrogens with two attached hydrogens (primary N) is 2. The lowest BCUT2D eigenvalue weighted by Crippen LogP contribution is -2.25. The first-order valence-corrected chi connectivity index (χ1v) is 24.2. The SMILES string of the molecule is C.CC(C)(C)OC(=O)C[C@@H]1CC[C@H](Cc2cnc(C(F)(F)F)cn2)C1.CC(C)(C)OC(=O)C[C@@H]1CC[C@H](N)C1.CC(C)O.CO.C[C@H]1CC[C@@H](N)C1.Cc1cnc(C(F)(F)F)cn1.FC(F)(F)c1cnc(Cl)cn1. The number of alkyl halides is 9. The first-order valence-electron chi connectivity index (χ1n) is 23.8. The molecule has 24 heteroatoms. The fraction of sp³-hybridized carbons (Fsp3) is 0.720. The van der Waals surface area contributed by atoms with Gasteiger partial charge in [0.2, 0.25) is 0 Å². The molecule has 74 heavy (non-hydrogen) atoms. The summed E-state index contributed by atoms with van der Waals surface area (Å²) >= 11 is 5.22. The Morgan fingerprint density at radius 3 is 1.30 bits per heavy atom. The normalized spacial score (nSPS) is 20.3. The summed E-state index contributed by atoms with van der Waals surface area (Å²) in [5, 5.41) is 15.0. The Labute approximate surface area is 435 Å². The Morgan fingerprint density at radius 2 is 0.986 bits per heavy atom. The van der Waals surface area contributed by atoms with E-state index < -0.39 is 41.2 Å². The molecule has 0 aliphatic heterocycles. The van der Waals surface area contributed by atoms with E-state index in [-0.39, 0.29) is 42.1 Å². The molecule has 6 N–H and O–H groups in total. The maximum absolute atomic E-state index is 12.5. The number of ether oxygens (including phenoxy) is 2. The van der Waals surface area contributed by atoms with E-state index in [1.165, 1.54) is 25.5 Å². The van der Waals surface area contributed by atoms with Crippen LogP contribution in [0, 0.1) is 30.6 Å². The van der Waals surface area contributed by atoms with Crippen molar-refractivity contribution in [2.24, 2.45) is 35.1 Å². The van der Waals surface area contributed by atoms with Crippen molar-refractivity contribution in [2.45, 2.75) is 202 Å². The van der Waals surface area contributed by atoms with Gasteiger partial charge in [-0.05, 0) is 150 Å². The van der Waals surface area contributed by atoms with Crippen molar-refractivity contribution in [3.8, 4) is 0 Å².